The van der Waals surface area contributed by atoms with Crippen molar-refractivity contribution in [2.45, 2.75) is 6.54 Å². The second-order valence-electron chi connectivity index (χ2n) is 6.19. The van der Waals surface area contributed by atoms with E-state index in [1.54, 1.807) is 18.3 Å². The van der Waals surface area contributed by atoms with Gasteiger partial charge < -0.3 is 9.84 Å². The minimum atomic E-state index is -0.559. The molecule has 0 unspecified atom stereocenters. The average molecular weight is 415 g/mol. The predicted octanol–water partition coefficient (Wildman–Crippen LogP) is 4.77. The lowest BCUT2D eigenvalue weighted by Gasteiger charge is -2.02. The Balaban J connectivity index is 1.46. The van der Waals surface area contributed by atoms with Crippen molar-refractivity contribution in [1.82, 2.24) is 14.9 Å². The van der Waals surface area contributed by atoms with Crippen LogP contribution in [0.15, 0.2) is 65.3 Å². The third kappa shape index (κ3) is 4.33. The van der Waals surface area contributed by atoms with Gasteiger partial charge in [-0.2, -0.15) is 5.10 Å². The Bertz CT molecular complexity index is 1150. The smallest absolute Gasteiger partial charge is 0.279 e. The van der Waals surface area contributed by atoms with Gasteiger partial charge in [0.05, 0.1) is 6.54 Å². The molecule has 0 aliphatic rings. The third-order valence-electron chi connectivity index (χ3n) is 4.08. The number of benzene rings is 2. The molecule has 2 aromatic heterocycles. The largest absolute Gasteiger partial charge is 0.355 e. The van der Waals surface area contributed by atoms with Crippen molar-refractivity contribution in [2.75, 3.05) is 5.32 Å². The number of hydrogen-bond acceptors (Lipinski definition) is 4. The maximum atomic E-state index is 13.0. The molecule has 2 aromatic carbocycles. The number of nitrogens with one attached hydrogen (secondary N) is 1. The Morgan fingerprint density at radius 1 is 1.07 bits per heavy atom. The number of nitrogens with zero attached hydrogens (tertiary/aromatic N) is 3. The zero-order valence-corrected chi connectivity index (χ0v) is 15.5. The summed E-state index contributed by atoms with van der Waals surface area (Å²) in [4.78, 5) is 12.4. The normalized spacial score (nSPS) is 10.9. The van der Waals surface area contributed by atoms with Crippen molar-refractivity contribution in [3.63, 3.8) is 0 Å². The number of aromatic nitrogens is 3. The van der Waals surface area contributed by atoms with E-state index in [2.05, 4.69) is 15.6 Å². The summed E-state index contributed by atoms with van der Waals surface area (Å²) >= 11 is 6.15. The molecule has 6 nitrogen and oxygen atoms in total. The van der Waals surface area contributed by atoms with E-state index < -0.39 is 5.91 Å². The molecular weight excluding hydrogens is 402 g/mol. The van der Waals surface area contributed by atoms with Crippen molar-refractivity contribution < 1.29 is 18.1 Å². The Morgan fingerprint density at radius 2 is 1.72 bits per heavy atom. The number of halogens is 3. The molecule has 9 heteroatoms. The summed E-state index contributed by atoms with van der Waals surface area (Å²) in [7, 11) is 0. The van der Waals surface area contributed by atoms with E-state index in [0.29, 0.717) is 17.9 Å². The fourth-order valence-electron chi connectivity index (χ4n) is 2.64. The quantitative estimate of drug-likeness (QED) is 0.510. The van der Waals surface area contributed by atoms with Crippen LogP contribution in [-0.2, 0) is 6.54 Å². The van der Waals surface area contributed by atoms with Crippen LogP contribution < -0.4 is 5.32 Å². The third-order valence-corrected chi connectivity index (χ3v) is 4.35. The van der Waals surface area contributed by atoms with Crippen LogP contribution in [0.3, 0.4) is 0 Å². The fraction of sp³-hybridized carbons (Fsp3) is 0.0500. The Labute approximate surface area is 168 Å². The van der Waals surface area contributed by atoms with Gasteiger partial charge >= 0.3 is 0 Å². The van der Waals surface area contributed by atoms with Gasteiger partial charge in [-0.3, -0.25) is 9.48 Å². The first kappa shape index (κ1) is 18.8. The molecule has 146 valence electrons. The zero-order valence-electron chi connectivity index (χ0n) is 14.8. The predicted molar refractivity (Wildman–Crippen MR) is 103 cm³/mol. The Hall–Kier alpha value is -3.52. The summed E-state index contributed by atoms with van der Waals surface area (Å²) in [5.74, 6) is -0.783. The first-order valence-corrected chi connectivity index (χ1v) is 8.87. The highest BCUT2D eigenvalue weighted by Gasteiger charge is 2.17. The lowest BCUT2D eigenvalue weighted by atomic mass is 10.1. The molecule has 1 N–H and O–H groups in total. The Morgan fingerprint density at radius 3 is 2.41 bits per heavy atom. The van der Waals surface area contributed by atoms with Crippen molar-refractivity contribution in [3.05, 3.63) is 88.7 Å². The molecule has 0 radical (unpaired) electrons. The van der Waals surface area contributed by atoms with E-state index in [0.717, 1.165) is 5.56 Å². The number of carbonyl (C=O) groups excluding carboxylic acids is 1. The van der Waals surface area contributed by atoms with E-state index in [4.69, 9.17) is 16.1 Å². The number of carbonyl (C=O) groups is 1. The monoisotopic (exact) mass is 414 g/mol. The number of anilines is 1. The van der Waals surface area contributed by atoms with Crippen LogP contribution in [-0.4, -0.2) is 20.8 Å². The van der Waals surface area contributed by atoms with Crippen LogP contribution in [0.5, 0.6) is 0 Å². The molecule has 4 rings (SSSR count). The molecule has 0 fully saturated rings. The summed E-state index contributed by atoms with van der Waals surface area (Å²) in [5.41, 5.74) is 1.43. The standard InChI is InChI=1S/C20H13ClF2N4O2/c21-16-11-27(10-12-1-5-14(22)6-2-12)25-19(16)24-20(28)17-9-18(29-26-17)13-3-7-15(23)8-4-13/h1-9,11H,10H2,(H,24,25,28). The number of hydrogen-bond donors (Lipinski definition) is 1. The summed E-state index contributed by atoms with van der Waals surface area (Å²) in [6.45, 7) is 0.356. The number of amides is 1. The average Bonchev–Trinajstić information content (AvgIpc) is 3.32. The van der Waals surface area contributed by atoms with Crippen molar-refractivity contribution in [1.29, 1.82) is 0 Å². The summed E-state index contributed by atoms with van der Waals surface area (Å²) in [5, 5.41) is 10.8. The highest BCUT2D eigenvalue weighted by atomic mass is 35.5. The molecule has 0 aliphatic heterocycles. The van der Waals surface area contributed by atoms with Crippen LogP contribution in [0.2, 0.25) is 5.02 Å². The van der Waals surface area contributed by atoms with Crippen LogP contribution in [0.4, 0.5) is 14.6 Å². The molecular formula is C20H13ClF2N4O2. The van der Waals surface area contributed by atoms with Crippen LogP contribution in [0, 0.1) is 11.6 Å². The van der Waals surface area contributed by atoms with Gasteiger partial charge in [0.15, 0.2) is 17.3 Å². The second-order valence-corrected chi connectivity index (χ2v) is 6.59. The maximum absolute atomic E-state index is 13.0. The van der Waals surface area contributed by atoms with E-state index in [1.165, 1.54) is 47.1 Å². The van der Waals surface area contributed by atoms with E-state index in [9.17, 15) is 13.6 Å². The first-order chi connectivity index (χ1) is 14.0. The van der Waals surface area contributed by atoms with Gasteiger partial charge in [0.2, 0.25) is 0 Å². The molecule has 0 atom stereocenters. The highest BCUT2D eigenvalue weighted by Crippen LogP contribution is 2.23. The van der Waals surface area contributed by atoms with Crippen LogP contribution in [0.1, 0.15) is 16.1 Å². The van der Waals surface area contributed by atoms with Gasteiger partial charge in [-0.1, -0.05) is 28.9 Å². The lowest BCUT2D eigenvalue weighted by molar-refractivity contribution is 0.101. The molecule has 0 aliphatic carbocycles. The van der Waals surface area contributed by atoms with Crippen molar-refractivity contribution in [2.24, 2.45) is 0 Å². The van der Waals surface area contributed by atoms with Gasteiger partial charge in [0, 0.05) is 17.8 Å². The molecule has 0 saturated carbocycles. The van der Waals surface area contributed by atoms with Crippen molar-refractivity contribution >= 4 is 23.3 Å². The lowest BCUT2D eigenvalue weighted by Crippen LogP contribution is -2.13. The SMILES string of the molecule is O=C(Nc1nn(Cc2ccc(F)cc2)cc1Cl)c1cc(-c2ccc(F)cc2)on1. The fourth-order valence-corrected chi connectivity index (χ4v) is 2.84. The van der Waals surface area contributed by atoms with Gasteiger partial charge in [-0.05, 0) is 42.0 Å². The minimum absolute atomic E-state index is 0.0217. The molecule has 0 saturated heterocycles. The second kappa shape index (κ2) is 7.84. The molecule has 1 amide bonds. The summed E-state index contributed by atoms with van der Waals surface area (Å²) < 4.78 is 32.7. The van der Waals surface area contributed by atoms with Gasteiger partial charge in [0.1, 0.15) is 16.7 Å². The molecule has 2 heterocycles. The summed E-state index contributed by atoms with van der Waals surface area (Å²) in [6.07, 6.45) is 1.55. The van der Waals surface area contributed by atoms with Crippen molar-refractivity contribution in [3.8, 4) is 11.3 Å². The van der Waals surface area contributed by atoms with Gasteiger partial charge in [-0.15, -0.1) is 0 Å². The maximum Gasteiger partial charge on any atom is 0.279 e. The van der Waals surface area contributed by atoms with Crippen LogP contribution in [0.25, 0.3) is 11.3 Å². The summed E-state index contributed by atoms with van der Waals surface area (Å²) in [6, 6.07) is 13.0. The minimum Gasteiger partial charge on any atom is -0.355 e. The Kier molecular flexibility index (Phi) is 5.09. The topological polar surface area (TPSA) is 73.0 Å². The van der Waals surface area contributed by atoms with Gasteiger partial charge in [-0.25, -0.2) is 8.78 Å². The molecule has 0 bridgehead atoms. The van der Waals surface area contributed by atoms with E-state index in [-0.39, 0.29) is 28.2 Å². The highest BCUT2D eigenvalue weighted by molar-refractivity contribution is 6.33. The first-order valence-electron chi connectivity index (χ1n) is 8.49. The molecule has 0 spiro atoms. The number of rotatable bonds is 5. The van der Waals surface area contributed by atoms with Crippen LogP contribution >= 0.6 is 11.6 Å². The zero-order chi connectivity index (χ0) is 20.4. The van der Waals surface area contributed by atoms with Gasteiger partial charge in [0.25, 0.3) is 5.91 Å². The van der Waals surface area contributed by atoms with E-state index >= 15 is 0 Å². The van der Waals surface area contributed by atoms with E-state index in [1.807, 2.05) is 0 Å². The molecule has 4 aromatic rings. The molecule has 29 heavy (non-hydrogen) atoms.